The molecule has 0 fully saturated rings. The van der Waals surface area contributed by atoms with E-state index in [2.05, 4.69) is 19.2 Å². The second kappa shape index (κ2) is 8.33. The quantitative estimate of drug-likeness (QED) is 0.790. The molecule has 5 heteroatoms. The number of ether oxygens (including phenoxy) is 1. The lowest BCUT2D eigenvalue weighted by Crippen LogP contribution is -2.21. The smallest absolute Gasteiger partial charge is 0.336 e. The van der Waals surface area contributed by atoms with Crippen LogP contribution in [0.25, 0.3) is 0 Å². The molecule has 0 radical (unpaired) electrons. The van der Waals surface area contributed by atoms with Gasteiger partial charge in [0.05, 0.1) is 5.56 Å². The molecule has 2 N–H and O–H groups in total. The number of carbonyl (C=O) groups is 2. The SMILES string of the molecule is CC[C@@H](C)c1ccccc1OCC(=O)Nc1cccc(C(=O)O)c1C. The fourth-order valence-corrected chi connectivity index (χ4v) is 2.57. The summed E-state index contributed by atoms with van der Waals surface area (Å²) in [5, 5.41) is 11.9. The molecule has 5 nitrogen and oxygen atoms in total. The summed E-state index contributed by atoms with van der Waals surface area (Å²) in [6.07, 6.45) is 0.980. The molecule has 2 aromatic rings. The van der Waals surface area contributed by atoms with Crippen molar-refractivity contribution in [2.75, 3.05) is 11.9 Å². The molecule has 0 aromatic heterocycles. The molecular formula is C20H23NO4. The highest BCUT2D eigenvalue weighted by Gasteiger charge is 2.14. The molecule has 132 valence electrons. The molecule has 0 aliphatic heterocycles. The average molecular weight is 341 g/mol. The molecule has 1 atom stereocenters. The summed E-state index contributed by atoms with van der Waals surface area (Å²) < 4.78 is 5.68. The maximum Gasteiger partial charge on any atom is 0.336 e. The van der Waals surface area contributed by atoms with Crippen molar-refractivity contribution >= 4 is 17.6 Å². The van der Waals surface area contributed by atoms with Crippen molar-refractivity contribution in [2.45, 2.75) is 33.1 Å². The summed E-state index contributed by atoms with van der Waals surface area (Å²) in [5.41, 5.74) is 2.23. The van der Waals surface area contributed by atoms with Crippen molar-refractivity contribution in [2.24, 2.45) is 0 Å². The van der Waals surface area contributed by atoms with Crippen molar-refractivity contribution in [1.29, 1.82) is 0 Å². The van der Waals surface area contributed by atoms with Crippen LogP contribution in [0.5, 0.6) is 5.75 Å². The molecule has 1 amide bonds. The van der Waals surface area contributed by atoms with Crippen molar-refractivity contribution in [3.05, 3.63) is 59.2 Å². The molecule has 0 bridgehead atoms. The summed E-state index contributed by atoms with van der Waals surface area (Å²) in [4.78, 5) is 23.3. The number of hydrogen-bond donors (Lipinski definition) is 2. The van der Waals surface area contributed by atoms with Gasteiger partial charge in [-0.2, -0.15) is 0 Å². The number of para-hydroxylation sites is 1. The largest absolute Gasteiger partial charge is 0.483 e. The first kappa shape index (κ1) is 18.5. The fourth-order valence-electron chi connectivity index (χ4n) is 2.57. The van der Waals surface area contributed by atoms with Crippen LogP contribution < -0.4 is 10.1 Å². The number of aromatic carboxylic acids is 1. The van der Waals surface area contributed by atoms with Gasteiger partial charge in [-0.3, -0.25) is 4.79 Å². The lowest BCUT2D eigenvalue weighted by Gasteiger charge is -2.16. The molecule has 2 aromatic carbocycles. The van der Waals surface area contributed by atoms with Crippen LogP contribution in [-0.2, 0) is 4.79 Å². The zero-order valence-electron chi connectivity index (χ0n) is 14.7. The summed E-state index contributed by atoms with van der Waals surface area (Å²) in [5.74, 6) is -0.311. The molecule has 0 unspecified atom stereocenters. The van der Waals surface area contributed by atoms with Gasteiger partial charge in [0.2, 0.25) is 0 Å². The lowest BCUT2D eigenvalue weighted by molar-refractivity contribution is -0.118. The molecule has 25 heavy (non-hydrogen) atoms. The van der Waals surface area contributed by atoms with Crippen molar-refractivity contribution in [3.63, 3.8) is 0 Å². The van der Waals surface area contributed by atoms with Crippen LogP contribution in [0.3, 0.4) is 0 Å². The second-order valence-corrected chi connectivity index (χ2v) is 5.97. The second-order valence-electron chi connectivity index (χ2n) is 5.97. The van der Waals surface area contributed by atoms with Crippen LogP contribution in [0.2, 0.25) is 0 Å². The van der Waals surface area contributed by atoms with E-state index < -0.39 is 5.97 Å². The van der Waals surface area contributed by atoms with E-state index in [1.165, 1.54) is 6.07 Å². The van der Waals surface area contributed by atoms with Crippen LogP contribution in [0.1, 0.15) is 47.7 Å². The van der Waals surface area contributed by atoms with Gasteiger partial charge in [-0.25, -0.2) is 4.79 Å². The first-order chi connectivity index (χ1) is 11.9. The van der Waals surface area contributed by atoms with Crippen LogP contribution in [0.4, 0.5) is 5.69 Å². The first-order valence-corrected chi connectivity index (χ1v) is 8.28. The summed E-state index contributed by atoms with van der Waals surface area (Å²) in [7, 11) is 0. The summed E-state index contributed by atoms with van der Waals surface area (Å²) in [6.45, 7) is 5.75. The Hall–Kier alpha value is -2.82. The Kier molecular flexibility index (Phi) is 6.17. The molecule has 0 heterocycles. The Labute approximate surface area is 147 Å². The van der Waals surface area contributed by atoms with Gasteiger partial charge in [-0.05, 0) is 48.6 Å². The Morgan fingerprint density at radius 2 is 1.88 bits per heavy atom. The van der Waals surface area contributed by atoms with Crippen molar-refractivity contribution < 1.29 is 19.4 Å². The van der Waals surface area contributed by atoms with E-state index in [4.69, 9.17) is 9.84 Å². The van der Waals surface area contributed by atoms with E-state index in [1.807, 2.05) is 24.3 Å². The van der Waals surface area contributed by atoms with Gasteiger partial charge in [-0.15, -0.1) is 0 Å². The standard InChI is InChI=1S/C20H23NO4/c1-4-13(2)15-8-5-6-11-18(15)25-12-19(22)21-17-10-7-9-16(14(17)3)20(23)24/h5-11,13H,4,12H2,1-3H3,(H,21,22)(H,23,24)/t13-/m1/s1. The van der Waals surface area contributed by atoms with E-state index in [1.54, 1.807) is 19.1 Å². The Bertz CT molecular complexity index is 770. The highest BCUT2D eigenvalue weighted by molar-refractivity contribution is 5.96. The van der Waals surface area contributed by atoms with Crippen LogP contribution in [-0.4, -0.2) is 23.6 Å². The number of anilines is 1. The molecule has 0 aliphatic carbocycles. The molecule has 0 saturated carbocycles. The number of carboxylic acids is 1. The van der Waals surface area contributed by atoms with Crippen molar-refractivity contribution in [1.82, 2.24) is 0 Å². The number of benzene rings is 2. The first-order valence-electron chi connectivity index (χ1n) is 8.28. The third-order valence-electron chi connectivity index (χ3n) is 4.26. The maximum atomic E-state index is 12.2. The van der Waals surface area contributed by atoms with E-state index in [-0.39, 0.29) is 18.1 Å². The molecule has 0 aliphatic rings. The number of amides is 1. The Morgan fingerprint density at radius 3 is 2.56 bits per heavy atom. The number of hydrogen-bond acceptors (Lipinski definition) is 3. The Morgan fingerprint density at radius 1 is 1.16 bits per heavy atom. The molecular weight excluding hydrogens is 318 g/mol. The minimum Gasteiger partial charge on any atom is -0.483 e. The third kappa shape index (κ3) is 4.59. The number of carboxylic acid groups (broad SMARTS) is 1. The number of nitrogens with one attached hydrogen (secondary N) is 1. The van der Waals surface area contributed by atoms with Gasteiger partial charge >= 0.3 is 5.97 Å². The van der Waals surface area contributed by atoms with Gasteiger partial charge in [0.25, 0.3) is 5.91 Å². The minimum absolute atomic E-state index is 0.135. The predicted molar refractivity (Wildman–Crippen MR) is 97.4 cm³/mol. The predicted octanol–water partition coefficient (Wildman–Crippen LogP) is 4.22. The third-order valence-corrected chi connectivity index (χ3v) is 4.26. The fraction of sp³-hybridized carbons (Fsp3) is 0.300. The minimum atomic E-state index is -1.02. The normalized spacial score (nSPS) is 11.6. The number of carbonyl (C=O) groups excluding carboxylic acids is 1. The van der Waals surface area contributed by atoms with Crippen LogP contribution in [0.15, 0.2) is 42.5 Å². The zero-order chi connectivity index (χ0) is 18.4. The van der Waals surface area contributed by atoms with E-state index in [0.717, 1.165) is 12.0 Å². The molecule has 0 saturated heterocycles. The summed E-state index contributed by atoms with van der Waals surface area (Å²) in [6, 6.07) is 12.5. The zero-order valence-corrected chi connectivity index (χ0v) is 14.7. The lowest BCUT2D eigenvalue weighted by atomic mass is 9.98. The van der Waals surface area contributed by atoms with Gasteiger partial charge < -0.3 is 15.2 Å². The van der Waals surface area contributed by atoms with E-state index >= 15 is 0 Å². The average Bonchev–Trinajstić information content (AvgIpc) is 2.61. The van der Waals surface area contributed by atoms with Gasteiger partial charge in [-0.1, -0.05) is 38.1 Å². The number of rotatable bonds is 7. The van der Waals surface area contributed by atoms with Gasteiger partial charge in [0.1, 0.15) is 5.75 Å². The topological polar surface area (TPSA) is 75.6 Å². The summed E-state index contributed by atoms with van der Waals surface area (Å²) >= 11 is 0. The van der Waals surface area contributed by atoms with Gasteiger partial charge in [0, 0.05) is 5.69 Å². The monoisotopic (exact) mass is 341 g/mol. The van der Waals surface area contributed by atoms with Crippen molar-refractivity contribution in [3.8, 4) is 5.75 Å². The van der Waals surface area contributed by atoms with Crippen LogP contribution >= 0.6 is 0 Å². The van der Waals surface area contributed by atoms with E-state index in [0.29, 0.717) is 22.9 Å². The van der Waals surface area contributed by atoms with E-state index in [9.17, 15) is 9.59 Å². The highest BCUT2D eigenvalue weighted by atomic mass is 16.5. The highest BCUT2D eigenvalue weighted by Crippen LogP contribution is 2.28. The maximum absolute atomic E-state index is 12.2. The molecule has 2 rings (SSSR count). The van der Waals surface area contributed by atoms with Crippen LogP contribution in [0, 0.1) is 6.92 Å². The van der Waals surface area contributed by atoms with Gasteiger partial charge in [0.15, 0.2) is 6.61 Å². The molecule has 0 spiro atoms. The Balaban J connectivity index is 2.05.